The van der Waals surface area contributed by atoms with Crippen molar-refractivity contribution >= 4 is 11.6 Å². The van der Waals surface area contributed by atoms with E-state index in [4.69, 9.17) is 17.3 Å². The fraction of sp³-hybridized carbons (Fsp3) is 0.600. The van der Waals surface area contributed by atoms with Crippen molar-refractivity contribution in [2.75, 3.05) is 6.54 Å². The maximum absolute atomic E-state index is 5.92. The summed E-state index contributed by atoms with van der Waals surface area (Å²) < 4.78 is 0. The fourth-order valence-corrected chi connectivity index (χ4v) is 2.98. The number of benzene rings is 1. The first-order valence-electron chi connectivity index (χ1n) is 6.72. The lowest BCUT2D eigenvalue weighted by Crippen LogP contribution is -2.35. The van der Waals surface area contributed by atoms with Gasteiger partial charge in [0.25, 0.3) is 0 Å². The Morgan fingerprint density at radius 1 is 1.39 bits per heavy atom. The molecular formula is C15H23ClN2. The van der Waals surface area contributed by atoms with Crippen LogP contribution in [0.4, 0.5) is 0 Å². The first kappa shape index (κ1) is 13.9. The van der Waals surface area contributed by atoms with Gasteiger partial charge < -0.3 is 11.1 Å². The van der Waals surface area contributed by atoms with Crippen LogP contribution in [0.5, 0.6) is 0 Å². The Morgan fingerprint density at radius 3 is 2.56 bits per heavy atom. The average molecular weight is 267 g/mol. The van der Waals surface area contributed by atoms with Gasteiger partial charge in [0.2, 0.25) is 0 Å². The second kappa shape index (κ2) is 5.60. The summed E-state index contributed by atoms with van der Waals surface area (Å²) in [5, 5.41) is 4.46. The van der Waals surface area contributed by atoms with Crippen molar-refractivity contribution in [1.29, 1.82) is 0 Å². The van der Waals surface area contributed by atoms with Crippen molar-refractivity contribution in [3.05, 3.63) is 34.9 Å². The maximum Gasteiger partial charge on any atom is 0.0446 e. The molecule has 1 aliphatic rings. The van der Waals surface area contributed by atoms with Gasteiger partial charge in [-0.25, -0.2) is 0 Å². The summed E-state index contributed by atoms with van der Waals surface area (Å²) in [5.74, 6) is 0. The monoisotopic (exact) mass is 266 g/mol. The van der Waals surface area contributed by atoms with Crippen LogP contribution >= 0.6 is 11.6 Å². The number of halogens is 1. The third-order valence-electron chi connectivity index (χ3n) is 3.91. The Morgan fingerprint density at radius 2 is 2.06 bits per heavy atom. The van der Waals surface area contributed by atoms with E-state index in [1.165, 1.54) is 24.8 Å². The molecule has 0 radical (unpaired) electrons. The Kier molecular flexibility index (Phi) is 4.31. The van der Waals surface area contributed by atoms with E-state index in [2.05, 4.69) is 31.3 Å². The van der Waals surface area contributed by atoms with Gasteiger partial charge in [0.05, 0.1) is 0 Å². The average Bonchev–Trinajstić information content (AvgIpc) is 2.67. The molecule has 1 saturated carbocycles. The molecule has 0 aromatic heterocycles. The highest BCUT2D eigenvalue weighted by atomic mass is 35.5. The molecule has 2 nitrogen and oxygen atoms in total. The number of nitrogens with two attached hydrogens (primary N) is 1. The van der Waals surface area contributed by atoms with Gasteiger partial charge in [0.1, 0.15) is 0 Å². The molecular weight excluding hydrogens is 244 g/mol. The topological polar surface area (TPSA) is 38.0 Å². The first-order valence-corrected chi connectivity index (χ1v) is 7.09. The van der Waals surface area contributed by atoms with Gasteiger partial charge in [0, 0.05) is 23.7 Å². The molecule has 0 saturated heterocycles. The van der Waals surface area contributed by atoms with Crippen LogP contribution in [0.2, 0.25) is 5.02 Å². The van der Waals surface area contributed by atoms with Gasteiger partial charge in [-0.05, 0) is 42.4 Å². The zero-order valence-corrected chi connectivity index (χ0v) is 12.0. The van der Waals surface area contributed by atoms with Crippen LogP contribution in [0.15, 0.2) is 24.3 Å². The number of nitrogens with one attached hydrogen (secondary N) is 1. The highest BCUT2D eigenvalue weighted by Crippen LogP contribution is 2.37. The van der Waals surface area contributed by atoms with E-state index >= 15 is 0 Å². The Balaban J connectivity index is 2.00. The summed E-state index contributed by atoms with van der Waals surface area (Å²) in [4.78, 5) is 0. The second-order valence-corrected chi connectivity index (χ2v) is 6.55. The Labute approximate surface area is 115 Å². The van der Waals surface area contributed by atoms with Crippen LogP contribution in [0.25, 0.3) is 0 Å². The van der Waals surface area contributed by atoms with Crippen molar-refractivity contribution in [3.8, 4) is 0 Å². The van der Waals surface area contributed by atoms with Crippen molar-refractivity contribution in [3.63, 3.8) is 0 Å². The van der Waals surface area contributed by atoms with Crippen LogP contribution in [-0.2, 0) is 0 Å². The van der Waals surface area contributed by atoms with E-state index in [1.54, 1.807) is 0 Å². The molecule has 1 aromatic rings. The summed E-state index contributed by atoms with van der Waals surface area (Å²) in [7, 11) is 0. The van der Waals surface area contributed by atoms with E-state index in [0.29, 0.717) is 18.0 Å². The molecule has 1 fully saturated rings. The van der Waals surface area contributed by atoms with Crippen LogP contribution in [0, 0.1) is 5.41 Å². The summed E-state index contributed by atoms with van der Waals surface area (Å²) in [5.41, 5.74) is 7.59. The minimum Gasteiger partial charge on any atom is -0.329 e. The molecule has 2 rings (SSSR count). The molecule has 1 aromatic carbocycles. The standard InChI is InChI=1S/C15H23ClN2/c1-15(2)8-7-13(9-15)18-14(10-17)11-3-5-12(16)6-4-11/h3-6,13-14,18H,7-10,17H2,1-2H3. The molecule has 0 amide bonds. The van der Waals surface area contributed by atoms with E-state index in [0.717, 1.165) is 5.02 Å². The smallest absolute Gasteiger partial charge is 0.0446 e. The lowest BCUT2D eigenvalue weighted by molar-refractivity contribution is 0.353. The highest BCUT2D eigenvalue weighted by Gasteiger charge is 2.31. The number of hydrogen-bond acceptors (Lipinski definition) is 2. The van der Waals surface area contributed by atoms with Crippen LogP contribution in [0.1, 0.15) is 44.7 Å². The van der Waals surface area contributed by atoms with E-state index in [9.17, 15) is 0 Å². The zero-order chi connectivity index (χ0) is 13.2. The predicted molar refractivity (Wildman–Crippen MR) is 77.8 cm³/mol. The molecule has 3 heteroatoms. The third-order valence-corrected chi connectivity index (χ3v) is 4.17. The van der Waals surface area contributed by atoms with Gasteiger partial charge >= 0.3 is 0 Å². The van der Waals surface area contributed by atoms with E-state index in [1.807, 2.05) is 12.1 Å². The van der Waals surface area contributed by atoms with Gasteiger partial charge in [-0.3, -0.25) is 0 Å². The van der Waals surface area contributed by atoms with Crippen LogP contribution in [0.3, 0.4) is 0 Å². The molecule has 2 atom stereocenters. The summed E-state index contributed by atoms with van der Waals surface area (Å²) >= 11 is 5.92. The second-order valence-electron chi connectivity index (χ2n) is 6.11. The minimum absolute atomic E-state index is 0.237. The molecule has 3 N–H and O–H groups in total. The Hall–Kier alpha value is -0.570. The van der Waals surface area contributed by atoms with E-state index in [-0.39, 0.29) is 6.04 Å². The fourth-order valence-electron chi connectivity index (χ4n) is 2.86. The van der Waals surface area contributed by atoms with Crippen molar-refractivity contribution in [2.45, 2.75) is 45.2 Å². The quantitative estimate of drug-likeness (QED) is 0.875. The molecule has 2 unspecified atom stereocenters. The highest BCUT2D eigenvalue weighted by molar-refractivity contribution is 6.30. The molecule has 100 valence electrons. The molecule has 0 aliphatic heterocycles. The summed E-state index contributed by atoms with van der Waals surface area (Å²) in [6.45, 7) is 5.31. The van der Waals surface area contributed by atoms with E-state index < -0.39 is 0 Å². The molecule has 0 heterocycles. The SMILES string of the molecule is CC1(C)CCC(NC(CN)c2ccc(Cl)cc2)C1. The first-order chi connectivity index (χ1) is 8.50. The Bertz CT molecular complexity index is 386. The largest absolute Gasteiger partial charge is 0.329 e. The van der Waals surface area contributed by atoms with Crippen LogP contribution in [-0.4, -0.2) is 12.6 Å². The number of hydrogen-bond donors (Lipinski definition) is 2. The summed E-state index contributed by atoms with van der Waals surface area (Å²) in [6.07, 6.45) is 3.77. The van der Waals surface area contributed by atoms with Gasteiger partial charge in [-0.2, -0.15) is 0 Å². The van der Waals surface area contributed by atoms with Crippen LogP contribution < -0.4 is 11.1 Å². The van der Waals surface area contributed by atoms with Gasteiger partial charge in [0.15, 0.2) is 0 Å². The molecule has 1 aliphatic carbocycles. The van der Waals surface area contributed by atoms with Gasteiger partial charge in [-0.15, -0.1) is 0 Å². The van der Waals surface area contributed by atoms with Crippen molar-refractivity contribution in [2.24, 2.45) is 11.1 Å². The predicted octanol–water partition coefficient (Wildman–Crippen LogP) is 3.51. The maximum atomic E-state index is 5.92. The van der Waals surface area contributed by atoms with Crippen molar-refractivity contribution < 1.29 is 0 Å². The normalized spacial score (nSPS) is 24.1. The molecule has 0 spiro atoms. The van der Waals surface area contributed by atoms with Crippen molar-refractivity contribution in [1.82, 2.24) is 5.32 Å². The lowest BCUT2D eigenvalue weighted by atomic mass is 9.91. The molecule has 18 heavy (non-hydrogen) atoms. The zero-order valence-electron chi connectivity index (χ0n) is 11.2. The minimum atomic E-state index is 0.237. The lowest BCUT2D eigenvalue weighted by Gasteiger charge is -2.23. The number of rotatable bonds is 4. The summed E-state index contributed by atoms with van der Waals surface area (Å²) in [6, 6.07) is 8.81. The molecule has 0 bridgehead atoms. The third kappa shape index (κ3) is 3.47. The van der Waals surface area contributed by atoms with Gasteiger partial charge in [-0.1, -0.05) is 37.6 Å².